The van der Waals surface area contributed by atoms with Gasteiger partial charge in [0.15, 0.2) is 0 Å². The van der Waals surface area contributed by atoms with Gasteiger partial charge in [-0.1, -0.05) is 170 Å². The largest absolute Gasteiger partial charge is 0.455 e. The van der Waals surface area contributed by atoms with Crippen LogP contribution in [0.3, 0.4) is 0 Å². The van der Waals surface area contributed by atoms with Gasteiger partial charge in [0.05, 0.1) is 16.8 Å². The van der Waals surface area contributed by atoms with Crippen molar-refractivity contribution in [3.8, 4) is 44.5 Å². The maximum Gasteiger partial charge on any atom is 0.145 e. The zero-order chi connectivity index (χ0) is 35.8. The average Bonchev–Trinajstić information content (AvgIpc) is 3.65. The van der Waals surface area contributed by atoms with Gasteiger partial charge in [0.2, 0.25) is 0 Å². The van der Waals surface area contributed by atoms with Crippen LogP contribution in [0.2, 0.25) is 0 Å². The van der Waals surface area contributed by atoms with Crippen LogP contribution >= 0.6 is 0 Å². The van der Waals surface area contributed by atoms with Crippen molar-refractivity contribution in [1.29, 1.82) is 0 Å². The molecule has 0 aliphatic heterocycles. The van der Waals surface area contributed by atoms with Crippen molar-refractivity contribution in [1.82, 2.24) is 0 Å². The first-order valence-corrected chi connectivity index (χ1v) is 18.4. The Morgan fingerprint density at radius 3 is 1.70 bits per heavy atom. The molecule has 0 fully saturated rings. The summed E-state index contributed by atoms with van der Waals surface area (Å²) in [7, 11) is 0. The van der Waals surface area contributed by atoms with Gasteiger partial charge in [-0.05, 0) is 86.6 Å². The van der Waals surface area contributed by atoms with Gasteiger partial charge < -0.3 is 9.32 Å². The molecule has 0 atom stereocenters. The molecule has 1 heterocycles. The monoisotopic (exact) mass is 689 g/mol. The van der Waals surface area contributed by atoms with E-state index in [1.54, 1.807) is 0 Å². The number of furan rings is 1. The van der Waals surface area contributed by atoms with Crippen LogP contribution in [-0.4, -0.2) is 0 Å². The van der Waals surface area contributed by atoms with Crippen LogP contribution in [0, 0.1) is 0 Å². The summed E-state index contributed by atoms with van der Waals surface area (Å²) in [5.74, 6) is 0. The molecule has 9 aromatic carbocycles. The van der Waals surface area contributed by atoms with Crippen LogP contribution < -0.4 is 4.90 Å². The van der Waals surface area contributed by atoms with E-state index in [1.165, 1.54) is 38.6 Å². The molecule has 0 spiro atoms. The zero-order valence-electron chi connectivity index (χ0n) is 29.6. The van der Waals surface area contributed by atoms with Gasteiger partial charge in [-0.2, -0.15) is 0 Å². The molecule has 10 rings (SSSR count). The highest BCUT2D eigenvalue weighted by atomic mass is 16.3. The van der Waals surface area contributed by atoms with E-state index in [-0.39, 0.29) is 0 Å². The van der Waals surface area contributed by atoms with Crippen LogP contribution in [-0.2, 0) is 0 Å². The first-order valence-electron chi connectivity index (χ1n) is 18.4. The van der Waals surface area contributed by atoms with E-state index in [0.717, 1.165) is 55.7 Å². The Labute approximate surface area is 314 Å². The summed E-state index contributed by atoms with van der Waals surface area (Å²) in [6.07, 6.45) is 0. The van der Waals surface area contributed by atoms with Crippen molar-refractivity contribution < 1.29 is 4.42 Å². The van der Waals surface area contributed by atoms with Crippen LogP contribution in [0.1, 0.15) is 0 Å². The molecule has 0 amide bonds. The van der Waals surface area contributed by atoms with E-state index in [2.05, 4.69) is 211 Å². The summed E-state index contributed by atoms with van der Waals surface area (Å²) in [4.78, 5) is 2.42. The fourth-order valence-electron chi connectivity index (χ4n) is 7.91. The molecule has 0 radical (unpaired) electrons. The van der Waals surface area contributed by atoms with Gasteiger partial charge in [0, 0.05) is 22.2 Å². The SMILES string of the molecule is c1ccc(-c2ccccc2-c2ccccc2N(c2ccc(-c3ccc4ccccc4c3)cc2)c2ccc(-c3ccccc3)c3oc4ccccc4c23)cc1. The number of para-hydroxylation sites is 2. The summed E-state index contributed by atoms with van der Waals surface area (Å²) < 4.78 is 6.78. The lowest BCUT2D eigenvalue weighted by Crippen LogP contribution is -2.12. The Bertz CT molecular complexity index is 2920. The Morgan fingerprint density at radius 1 is 0.333 bits per heavy atom. The third-order valence-corrected chi connectivity index (χ3v) is 10.5. The normalized spacial score (nSPS) is 11.3. The van der Waals surface area contributed by atoms with E-state index in [1.807, 2.05) is 6.07 Å². The second-order valence-electron chi connectivity index (χ2n) is 13.7. The third kappa shape index (κ3) is 5.53. The number of benzene rings is 9. The molecule has 0 aliphatic carbocycles. The second kappa shape index (κ2) is 13.4. The molecular formula is C52H35NO. The Kier molecular flexibility index (Phi) is 7.85. The fraction of sp³-hybridized carbons (Fsp3) is 0. The number of nitrogens with zero attached hydrogens (tertiary/aromatic N) is 1. The van der Waals surface area contributed by atoms with Crippen LogP contribution in [0.4, 0.5) is 17.1 Å². The third-order valence-electron chi connectivity index (χ3n) is 10.5. The lowest BCUT2D eigenvalue weighted by Gasteiger charge is -2.29. The predicted molar refractivity (Wildman–Crippen MR) is 228 cm³/mol. The minimum Gasteiger partial charge on any atom is -0.455 e. The smallest absolute Gasteiger partial charge is 0.145 e. The zero-order valence-corrected chi connectivity index (χ0v) is 29.6. The maximum atomic E-state index is 6.78. The summed E-state index contributed by atoms with van der Waals surface area (Å²) in [5, 5.41) is 4.64. The van der Waals surface area contributed by atoms with E-state index in [9.17, 15) is 0 Å². The predicted octanol–water partition coefficient (Wildman–Crippen LogP) is 14.9. The Balaban J connectivity index is 1.22. The van der Waals surface area contributed by atoms with Gasteiger partial charge in [0.1, 0.15) is 11.2 Å². The highest BCUT2D eigenvalue weighted by Gasteiger charge is 2.24. The molecule has 0 unspecified atom stereocenters. The standard InChI is InChI=1S/C52H35NO/c1-3-16-38(17-4-1)43-21-9-10-22-45(43)46-23-11-13-25-48(46)53(42-31-29-37(30-32-42)41-28-27-36-15-7-8-20-40(36)35-41)49-34-33-44(39-18-5-2-6-19-39)52-51(49)47-24-12-14-26-50(47)54-52/h1-35H. The number of anilines is 3. The number of hydrogen-bond donors (Lipinski definition) is 0. The molecule has 2 heteroatoms. The van der Waals surface area contributed by atoms with Crippen molar-refractivity contribution >= 4 is 49.8 Å². The summed E-state index contributed by atoms with van der Waals surface area (Å²) in [6.45, 7) is 0. The van der Waals surface area contributed by atoms with Crippen LogP contribution in [0.25, 0.3) is 77.2 Å². The maximum absolute atomic E-state index is 6.78. The lowest BCUT2D eigenvalue weighted by atomic mass is 9.92. The van der Waals surface area contributed by atoms with Gasteiger partial charge in [0.25, 0.3) is 0 Å². The Morgan fingerprint density at radius 2 is 0.926 bits per heavy atom. The highest BCUT2D eigenvalue weighted by Crippen LogP contribution is 2.49. The van der Waals surface area contributed by atoms with Crippen molar-refractivity contribution in [2.75, 3.05) is 4.90 Å². The molecular weight excluding hydrogens is 655 g/mol. The van der Waals surface area contributed by atoms with E-state index >= 15 is 0 Å². The molecule has 54 heavy (non-hydrogen) atoms. The minimum absolute atomic E-state index is 0.867. The van der Waals surface area contributed by atoms with Gasteiger partial charge in [-0.15, -0.1) is 0 Å². The summed E-state index contributed by atoms with van der Waals surface area (Å²) in [5.41, 5.74) is 14.2. The number of fused-ring (bicyclic) bond motifs is 4. The first kappa shape index (κ1) is 31.6. The molecule has 0 N–H and O–H groups in total. The number of hydrogen-bond acceptors (Lipinski definition) is 2. The molecule has 0 saturated heterocycles. The number of rotatable bonds is 7. The molecule has 1 aromatic heterocycles. The van der Waals surface area contributed by atoms with Crippen molar-refractivity contribution in [2.24, 2.45) is 0 Å². The topological polar surface area (TPSA) is 16.4 Å². The highest BCUT2D eigenvalue weighted by molar-refractivity contribution is 6.17. The second-order valence-corrected chi connectivity index (χ2v) is 13.7. The fourth-order valence-corrected chi connectivity index (χ4v) is 7.91. The van der Waals surface area contributed by atoms with Gasteiger partial charge >= 0.3 is 0 Å². The summed E-state index contributed by atoms with van der Waals surface area (Å²) >= 11 is 0. The summed E-state index contributed by atoms with van der Waals surface area (Å²) in [6, 6.07) is 75.8. The van der Waals surface area contributed by atoms with Gasteiger partial charge in [-0.25, -0.2) is 0 Å². The molecule has 0 aliphatic rings. The van der Waals surface area contributed by atoms with Crippen LogP contribution in [0.5, 0.6) is 0 Å². The van der Waals surface area contributed by atoms with E-state index < -0.39 is 0 Å². The minimum atomic E-state index is 0.867. The average molecular weight is 690 g/mol. The van der Waals surface area contributed by atoms with Crippen molar-refractivity contribution in [3.05, 3.63) is 212 Å². The van der Waals surface area contributed by atoms with E-state index in [0.29, 0.717) is 0 Å². The van der Waals surface area contributed by atoms with Crippen molar-refractivity contribution in [2.45, 2.75) is 0 Å². The van der Waals surface area contributed by atoms with Gasteiger partial charge in [-0.3, -0.25) is 0 Å². The molecule has 10 aromatic rings. The molecule has 0 saturated carbocycles. The van der Waals surface area contributed by atoms with Crippen LogP contribution in [0.15, 0.2) is 217 Å². The molecule has 2 nitrogen and oxygen atoms in total. The molecule has 0 bridgehead atoms. The lowest BCUT2D eigenvalue weighted by molar-refractivity contribution is 0.670. The van der Waals surface area contributed by atoms with Crippen molar-refractivity contribution in [3.63, 3.8) is 0 Å². The quantitative estimate of drug-likeness (QED) is 0.166. The first-order chi connectivity index (χ1) is 26.8. The van der Waals surface area contributed by atoms with E-state index in [4.69, 9.17) is 4.42 Å². The molecule has 254 valence electrons. The Hall–Kier alpha value is -7.16.